The maximum Gasteiger partial charge on any atom is 0.0443 e. The second-order valence-corrected chi connectivity index (χ2v) is 7.55. The molecule has 1 heteroatoms. The second-order valence-electron chi connectivity index (χ2n) is 7.55. The lowest BCUT2D eigenvalue weighted by atomic mass is 9.62. The molecule has 1 aliphatic carbocycles. The van der Waals surface area contributed by atoms with E-state index in [9.17, 15) is 0 Å². The van der Waals surface area contributed by atoms with E-state index in [1.807, 2.05) is 0 Å². The van der Waals surface area contributed by atoms with E-state index >= 15 is 0 Å². The highest BCUT2D eigenvalue weighted by Crippen LogP contribution is 2.45. The van der Waals surface area contributed by atoms with E-state index in [4.69, 9.17) is 5.73 Å². The molecule has 3 unspecified atom stereocenters. The molecule has 1 saturated carbocycles. The van der Waals surface area contributed by atoms with Crippen molar-refractivity contribution in [3.8, 4) is 0 Å². The molecule has 0 radical (unpaired) electrons. The third-order valence-electron chi connectivity index (χ3n) is 5.24. The van der Waals surface area contributed by atoms with Crippen LogP contribution in [0.2, 0.25) is 0 Å². The van der Waals surface area contributed by atoms with Crippen LogP contribution < -0.4 is 5.73 Å². The first-order valence-electron chi connectivity index (χ1n) is 8.24. The molecular formula is C19H31N. The van der Waals surface area contributed by atoms with Crippen LogP contribution in [0.15, 0.2) is 24.3 Å². The monoisotopic (exact) mass is 273 g/mol. The molecule has 0 aliphatic heterocycles. The molecule has 1 nitrogen and oxygen atoms in total. The highest BCUT2D eigenvalue weighted by Gasteiger charge is 2.42. The zero-order chi connectivity index (χ0) is 14.9. The zero-order valence-corrected chi connectivity index (χ0v) is 13.8. The van der Waals surface area contributed by atoms with Crippen molar-refractivity contribution in [1.82, 2.24) is 0 Å². The Balaban J connectivity index is 2.34. The van der Waals surface area contributed by atoms with Crippen LogP contribution in [-0.4, -0.2) is 0 Å². The molecule has 0 heterocycles. The predicted octanol–water partition coefficient (Wildman–Crippen LogP) is 5.06. The van der Waals surface area contributed by atoms with Gasteiger partial charge >= 0.3 is 0 Å². The average molecular weight is 273 g/mol. The molecule has 0 aromatic heterocycles. The number of benzene rings is 1. The van der Waals surface area contributed by atoms with Crippen LogP contribution in [0, 0.1) is 17.8 Å². The molecule has 3 atom stereocenters. The van der Waals surface area contributed by atoms with Gasteiger partial charge in [-0.1, -0.05) is 65.3 Å². The van der Waals surface area contributed by atoms with Gasteiger partial charge < -0.3 is 5.73 Å². The molecule has 112 valence electrons. The van der Waals surface area contributed by atoms with E-state index < -0.39 is 0 Å². The fraction of sp³-hybridized carbons (Fsp3) is 0.684. The van der Waals surface area contributed by atoms with E-state index in [0.717, 1.165) is 12.3 Å². The van der Waals surface area contributed by atoms with Gasteiger partial charge in [0.05, 0.1) is 0 Å². The van der Waals surface area contributed by atoms with Crippen molar-refractivity contribution in [3.63, 3.8) is 0 Å². The Morgan fingerprint density at radius 2 is 1.65 bits per heavy atom. The van der Waals surface area contributed by atoms with E-state index in [1.165, 1.54) is 24.0 Å². The Kier molecular flexibility index (Phi) is 4.59. The summed E-state index contributed by atoms with van der Waals surface area (Å²) < 4.78 is 0. The Hall–Kier alpha value is -0.820. The number of nitrogens with two attached hydrogens (primary N) is 1. The summed E-state index contributed by atoms with van der Waals surface area (Å²) in [5.74, 6) is 2.57. The predicted molar refractivity (Wildman–Crippen MR) is 87.7 cm³/mol. The van der Waals surface area contributed by atoms with E-state index in [1.54, 1.807) is 0 Å². The third kappa shape index (κ3) is 2.93. The first kappa shape index (κ1) is 15.6. The maximum absolute atomic E-state index is 6.94. The summed E-state index contributed by atoms with van der Waals surface area (Å²) in [6, 6.07) is 9.10. The lowest BCUT2D eigenvalue weighted by Crippen LogP contribution is -2.50. The molecular weight excluding hydrogens is 242 g/mol. The van der Waals surface area contributed by atoms with Gasteiger partial charge in [-0.2, -0.15) is 0 Å². The fourth-order valence-corrected chi connectivity index (χ4v) is 3.99. The summed E-state index contributed by atoms with van der Waals surface area (Å²) in [5.41, 5.74) is 9.55. The van der Waals surface area contributed by atoms with Crippen molar-refractivity contribution >= 4 is 0 Å². The van der Waals surface area contributed by atoms with E-state index in [-0.39, 0.29) is 5.54 Å². The topological polar surface area (TPSA) is 26.0 Å². The molecule has 1 fully saturated rings. The SMILES string of the molecule is CC1CCC(C(C)C)C(N)(c2ccc(C(C)C)cc2)C1. The lowest BCUT2D eigenvalue weighted by Gasteiger charge is -2.46. The van der Waals surface area contributed by atoms with Crippen LogP contribution in [0.3, 0.4) is 0 Å². The summed E-state index contributed by atoms with van der Waals surface area (Å²) in [5, 5.41) is 0. The van der Waals surface area contributed by atoms with E-state index in [0.29, 0.717) is 17.8 Å². The maximum atomic E-state index is 6.94. The first-order chi connectivity index (χ1) is 9.34. The summed E-state index contributed by atoms with van der Waals surface area (Å²) >= 11 is 0. The van der Waals surface area contributed by atoms with Gasteiger partial charge in [-0.05, 0) is 47.6 Å². The van der Waals surface area contributed by atoms with Gasteiger partial charge in [0.1, 0.15) is 0 Å². The van der Waals surface area contributed by atoms with Crippen LogP contribution in [-0.2, 0) is 5.54 Å². The van der Waals surface area contributed by atoms with Gasteiger partial charge in [-0.15, -0.1) is 0 Å². The standard InChI is InChI=1S/C19H31N/c1-13(2)16-7-9-17(10-8-16)19(20)12-15(5)6-11-18(19)14(3)4/h7-10,13-15,18H,6,11-12,20H2,1-5H3. The normalized spacial score (nSPS) is 31.0. The van der Waals surface area contributed by atoms with Crippen LogP contribution in [0.1, 0.15) is 70.9 Å². The molecule has 2 rings (SSSR count). The molecule has 0 amide bonds. The zero-order valence-electron chi connectivity index (χ0n) is 13.8. The molecule has 1 aliphatic rings. The van der Waals surface area contributed by atoms with Crippen molar-refractivity contribution in [2.24, 2.45) is 23.5 Å². The van der Waals surface area contributed by atoms with Crippen LogP contribution in [0.5, 0.6) is 0 Å². The Bertz CT molecular complexity index is 432. The van der Waals surface area contributed by atoms with Gasteiger partial charge in [-0.25, -0.2) is 0 Å². The van der Waals surface area contributed by atoms with Gasteiger partial charge in [0, 0.05) is 5.54 Å². The number of rotatable bonds is 3. The van der Waals surface area contributed by atoms with Gasteiger partial charge in [0.25, 0.3) is 0 Å². The van der Waals surface area contributed by atoms with Crippen molar-refractivity contribution in [2.75, 3.05) is 0 Å². The molecule has 0 saturated heterocycles. The van der Waals surface area contributed by atoms with Gasteiger partial charge in [0.15, 0.2) is 0 Å². The first-order valence-corrected chi connectivity index (χ1v) is 8.24. The Morgan fingerprint density at radius 3 is 2.15 bits per heavy atom. The van der Waals surface area contributed by atoms with Gasteiger partial charge in [-0.3, -0.25) is 0 Å². The minimum absolute atomic E-state index is 0.138. The van der Waals surface area contributed by atoms with Crippen molar-refractivity contribution < 1.29 is 0 Å². The second kappa shape index (κ2) is 5.89. The summed E-state index contributed by atoms with van der Waals surface area (Å²) in [4.78, 5) is 0. The Morgan fingerprint density at radius 1 is 1.05 bits per heavy atom. The Labute approximate surface area is 125 Å². The van der Waals surface area contributed by atoms with E-state index in [2.05, 4.69) is 58.9 Å². The van der Waals surface area contributed by atoms with Crippen LogP contribution >= 0.6 is 0 Å². The van der Waals surface area contributed by atoms with Gasteiger partial charge in [0.2, 0.25) is 0 Å². The largest absolute Gasteiger partial charge is 0.321 e. The highest BCUT2D eigenvalue weighted by molar-refractivity contribution is 5.31. The summed E-state index contributed by atoms with van der Waals surface area (Å²) in [7, 11) is 0. The minimum Gasteiger partial charge on any atom is -0.321 e. The highest BCUT2D eigenvalue weighted by atomic mass is 14.8. The smallest absolute Gasteiger partial charge is 0.0443 e. The molecule has 1 aromatic carbocycles. The fourth-order valence-electron chi connectivity index (χ4n) is 3.99. The lowest BCUT2D eigenvalue weighted by molar-refractivity contribution is 0.108. The van der Waals surface area contributed by atoms with Crippen molar-refractivity contribution in [1.29, 1.82) is 0 Å². The number of hydrogen-bond donors (Lipinski definition) is 1. The number of hydrogen-bond acceptors (Lipinski definition) is 1. The van der Waals surface area contributed by atoms with Crippen LogP contribution in [0.4, 0.5) is 0 Å². The van der Waals surface area contributed by atoms with Crippen LogP contribution in [0.25, 0.3) is 0 Å². The summed E-state index contributed by atoms with van der Waals surface area (Å²) in [6.07, 6.45) is 3.71. The van der Waals surface area contributed by atoms with Crippen molar-refractivity contribution in [2.45, 2.75) is 65.3 Å². The molecule has 0 spiro atoms. The molecule has 1 aromatic rings. The minimum atomic E-state index is -0.138. The summed E-state index contributed by atoms with van der Waals surface area (Å²) in [6.45, 7) is 11.5. The quantitative estimate of drug-likeness (QED) is 0.818. The molecule has 20 heavy (non-hydrogen) atoms. The molecule has 0 bridgehead atoms. The third-order valence-corrected chi connectivity index (χ3v) is 5.24. The molecule has 2 N–H and O–H groups in total. The average Bonchev–Trinajstić information content (AvgIpc) is 2.38. The van der Waals surface area contributed by atoms with Crippen molar-refractivity contribution in [3.05, 3.63) is 35.4 Å².